The number of methoxy groups -OCH3 is 1. The van der Waals surface area contributed by atoms with Crippen LogP contribution in [-0.2, 0) is 31.3 Å². The summed E-state index contributed by atoms with van der Waals surface area (Å²) < 4.78 is 58.5. The first-order valence-electron chi connectivity index (χ1n) is 8.20. The van der Waals surface area contributed by atoms with Gasteiger partial charge in [-0.2, -0.15) is 0 Å². The SMILES string of the molecule is COC(=O)c1ccc(C)c(S(=O)(=O)NCc2ccccc2S(=O)(=O)N(C)C)c1. The summed E-state index contributed by atoms with van der Waals surface area (Å²) in [4.78, 5) is 11.6. The molecule has 0 radical (unpaired) electrons. The van der Waals surface area contributed by atoms with Crippen LogP contribution in [0.4, 0.5) is 0 Å². The van der Waals surface area contributed by atoms with Gasteiger partial charge in [-0.3, -0.25) is 0 Å². The molecule has 152 valence electrons. The number of esters is 1. The van der Waals surface area contributed by atoms with Crippen LogP contribution in [0.1, 0.15) is 21.5 Å². The highest BCUT2D eigenvalue weighted by molar-refractivity contribution is 7.89. The number of carbonyl (C=O) groups is 1. The number of nitrogens with zero attached hydrogens (tertiary/aromatic N) is 1. The van der Waals surface area contributed by atoms with E-state index in [1.54, 1.807) is 19.1 Å². The van der Waals surface area contributed by atoms with Gasteiger partial charge in [-0.25, -0.2) is 30.7 Å². The quantitative estimate of drug-likeness (QED) is 0.672. The first-order valence-corrected chi connectivity index (χ1v) is 11.1. The van der Waals surface area contributed by atoms with E-state index in [4.69, 9.17) is 0 Å². The monoisotopic (exact) mass is 426 g/mol. The molecule has 0 aromatic heterocycles. The van der Waals surface area contributed by atoms with Crippen LogP contribution in [0.2, 0.25) is 0 Å². The summed E-state index contributed by atoms with van der Waals surface area (Å²) >= 11 is 0. The second kappa shape index (κ2) is 8.39. The summed E-state index contributed by atoms with van der Waals surface area (Å²) in [5.74, 6) is -0.654. The van der Waals surface area contributed by atoms with Crippen LogP contribution in [0.3, 0.4) is 0 Å². The van der Waals surface area contributed by atoms with Gasteiger partial charge in [0.05, 0.1) is 22.5 Å². The standard InChI is InChI=1S/C18H22N2O6S2/c1-13-9-10-14(18(21)26-4)11-17(13)27(22,23)19-12-15-7-5-6-8-16(15)28(24,25)20(2)3/h5-11,19H,12H2,1-4H3. The molecular weight excluding hydrogens is 404 g/mol. The van der Waals surface area contributed by atoms with Crippen LogP contribution in [-0.4, -0.2) is 48.3 Å². The number of rotatable bonds is 7. The molecule has 2 aromatic carbocycles. The van der Waals surface area contributed by atoms with Gasteiger partial charge in [0, 0.05) is 20.6 Å². The first-order chi connectivity index (χ1) is 13.0. The Morgan fingerprint density at radius 3 is 2.29 bits per heavy atom. The van der Waals surface area contributed by atoms with Crippen molar-refractivity contribution < 1.29 is 26.4 Å². The van der Waals surface area contributed by atoms with Crippen LogP contribution >= 0.6 is 0 Å². The highest BCUT2D eigenvalue weighted by Gasteiger charge is 2.23. The molecule has 0 aliphatic heterocycles. The lowest BCUT2D eigenvalue weighted by atomic mass is 10.1. The zero-order chi connectivity index (χ0) is 21.1. The molecular formula is C18H22N2O6S2. The number of aryl methyl sites for hydroxylation is 1. The van der Waals surface area contributed by atoms with E-state index in [1.165, 1.54) is 51.5 Å². The lowest BCUT2D eigenvalue weighted by molar-refractivity contribution is 0.0600. The third-order valence-electron chi connectivity index (χ3n) is 4.08. The lowest BCUT2D eigenvalue weighted by Crippen LogP contribution is -2.27. The summed E-state index contributed by atoms with van der Waals surface area (Å²) in [7, 11) is -3.73. The molecule has 0 unspecified atom stereocenters. The molecule has 0 amide bonds. The molecule has 0 bridgehead atoms. The number of hydrogen-bond acceptors (Lipinski definition) is 6. The summed E-state index contributed by atoms with van der Waals surface area (Å²) in [5, 5.41) is 0. The third-order valence-corrected chi connectivity index (χ3v) is 7.54. The van der Waals surface area contributed by atoms with Crippen LogP contribution in [0.25, 0.3) is 0 Å². The molecule has 0 saturated carbocycles. The Morgan fingerprint density at radius 1 is 1.04 bits per heavy atom. The fourth-order valence-corrected chi connectivity index (χ4v) is 4.87. The molecule has 2 aromatic rings. The van der Waals surface area contributed by atoms with Gasteiger partial charge < -0.3 is 4.74 Å². The van der Waals surface area contributed by atoms with Gasteiger partial charge in [0.1, 0.15) is 0 Å². The van der Waals surface area contributed by atoms with E-state index >= 15 is 0 Å². The predicted octanol–water partition coefficient (Wildman–Crippen LogP) is 1.51. The molecule has 0 spiro atoms. The minimum atomic E-state index is -4.00. The Hall–Kier alpha value is -2.27. The number of hydrogen-bond donors (Lipinski definition) is 1. The Bertz CT molecular complexity index is 1090. The molecule has 0 saturated heterocycles. The maximum atomic E-state index is 12.8. The Balaban J connectivity index is 2.37. The van der Waals surface area contributed by atoms with Gasteiger partial charge >= 0.3 is 5.97 Å². The number of carbonyl (C=O) groups excluding carboxylic acids is 1. The molecule has 0 atom stereocenters. The Kier molecular flexibility index (Phi) is 6.60. The molecule has 1 N–H and O–H groups in total. The van der Waals surface area contributed by atoms with Crippen molar-refractivity contribution in [2.75, 3.05) is 21.2 Å². The van der Waals surface area contributed by atoms with Crippen molar-refractivity contribution in [3.05, 3.63) is 59.2 Å². The predicted molar refractivity (Wildman–Crippen MR) is 104 cm³/mol. The highest BCUT2D eigenvalue weighted by atomic mass is 32.2. The van der Waals surface area contributed by atoms with Crippen LogP contribution in [0.5, 0.6) is 0 Å². The maximum Gasteiger partial charge on any atom is 0.337 e. The topological polar surface area (TPSA) is 110 Å². The third kappa shape index (κ3) is 4.58. The van der Waals surface area contributed by atoms with Crippen molar-refractivity contribution in [2.24, 2.45) is 0 Å². The van der Waals surface area contributed by atoms with Gasteiger partial charge in [-0.15, -0.1) is 0 Å². The zero-order valence-corrected chi connectivity index (χ0v) is 17.6. The van der Waals surface area contributed by atoms with Gasteiger partial charge in [0.15, 0.2) is 0 Å². The van der Waals surface area contributed by atoms with Gasteiger partial charge in [0.25, 0.3) is 0 Å². The second-order valence-corrected chi connectivity index (χ2v) is 10.0. The van der Waals surface area contributed by atoms with Crippen LogP contribution in [0, 0.1) is 6.92 Å². The summed E-state index contributed by atoms with van der Waals surface area (Å²) in [6.45, 7) is 1.37. The average Bonchev–Trinajstić information content (AvgIpc) is 2.66. The fraction of sp³-hybridized carbons (Fsp3) is 0.278. The minimum Gasteiger partial charge on any atom is -0.465 e. The Labute approximate surface area is 165 Å². The molecule has 0 heterocycles. The van der Waals surface area contributed by atoms with Crippen molar-refractivity contribution in [3.63, 3.8) is 0 Å². The highest BCUT2D eigenvalue weighted by Crippen LogP contribution is 2.21. The zero-order valence-electron chi connectivity index (χ0n) is 16.0. The van der Waals surface area contributed by atoms with Crippen LogP contribution in [0.15, 0.2) is 52.3 Å². The van der Waals surface area contributed by atoms with Gasteiger partial charge in [-0.05, 0) is 36.2 Å². The molecule has 28 heavy (non-hydrogen) atoms. The average molecular weight is 427 g/mol. The smallest absolute Gasteiger partial charge is 0.337 e. The summed E-state index contributed by atoms with van der Waals surface area (Å²) in [6, 6.07) is 10.4. The molecule has 10 heteroatoms. The normalized spacial score (nSPS) is 12.2. The van der Waals surface area contributed by atoms with Crippen molar-refractivity contribution in [3.8, 4) is 0 Å². The summed E-state index contributed by atoms with van der Waals surface area (Å²) in [6.07, 6.45) is 0. The molecule has 0 aliphatic rings. The number of sulfonamides is 2. The van der Waals surface area contributed by atoms with E-state index in [9.17, 15) is 21.6 Å². The molecule has 8 nitrogen and oxygen atoms in total. The van der Waals surface area contributed by atoms with Crippen molar-refractivity contribution in [1.82, 2.24) is 9.03 Å². The maximum absolute atomic E-state index is 12.8. The number of nitrogens with one attached hydrogen (secondary N) is 1. The van der Waals surface area contributed by atoms with E-state index < -0.39 is 26.0 Å². The van der Waals surface area contributed by atoms with E-state index in [0.717, 1.165) is 4.31 Å². The fourth-order valence-electron chi connectivity index (χ4n) is 2.48. The summed E-state index contributed by atoms with van der Waals surface area (Å²) in [5.41, 5.74) is 0.847. The van der Waals surface area contributed by atoms with E-state index in [1.807, 2.05) is 0 Å². The van der Waals surface area contributed by atoms with Gasteiger partial charge in [0.2, 0.25) is 20.0 Å². The minimum absolute atomic E-state index is 0.0164. The van der Waals surface area contributed by atoms with E-state index in [2.05, 4.69) is 9.46 Å². The van der Waals surface area contributed by atoms with E-state index in [0.29, 0.717) is 11.1 Å². The molecule has 0 aliphatic carbocycles. The van der Waals surface area contributed by atoms with Crippen molar-refractivity contribution in [2.45, 2.75) is 23.3 Å². The number of benzene rings is 2. The molecule has 2 rings (SSSR count). The van der Waals surface area contributed by atoms with Crippen molar-refractivity contribution in [1.29, 1.82) is 0 Å². The van der Waals surface area contributed by atoms with E-state index in [-0.39, 0.29) is 21.9 Å². The van der Waals surface area contributed by atoms with Gasteiger partial charge in [-0.1, -0.05) is 24.3 Å². The van der Waals surface area contributed by atoms with Crippen LogP contribution < -0.4 is 4.72 Å². The molecule has 0 fully saturated rings. The first kappa shape index (κ1) is 22.0. The Morgan fingerprint density at radius 2 is 1.68 bits per heavy atom. The number of ether oxygens (including phenoxy) is 1. The second-order valence-electron chi connectivity index (χ2n) is 6.19. The largest absolute Gasteiger partial charge is 0.465 e. The lowest BCUT2D eigenvalue weighted by Gasteiger charge is -2.16. The van der Waals surface area contributed by atoms with Crippen molar-refractivity contribution >= 4 is 26.0 Å².